The van der Waals surface area contributed by atoms with Gasteiger partial charge in [0.2, 0.25) is 0 Å². The molecule has 1 aromatic heterocycles. The predicted molar refractivity (Wildman–Crippen MR) is 134 cm³/mol. The molecule has 0 N–H and O–H groups in total. The zero-order chi connectivity index (χ0) is 22.6. The van der Waals surface area contributed by atoms with Gasteiger partial charge in [-0.25, -0.2) is 0 Å². The number of rotatable bonds is 2. The summed E-state index contributed by atoms with van der Waals surface area (Å²) in [5.41, 5.74) is 6.61. The maximum Gasteiger partial charge on any atom is 0.0998 e. The average molecular weight is 425 g/mol. The lowest BCUT2D eigenvalue weighted by atomic mass is 9.68. The van der Waals surface area contributed by atoms with E-state index in [0.717, 1.165) is 22.7 Å². The molecule has 5 aromatic rings. The molecule has 4 aromatic carbocycles. The molecule has 0 saturated heterocycles. The van der Waals surface area contributed by atoms with Crippen LogP contribution in [0.1, 0.15) is 48.1 Å². The zero-order valence-electron chi connectivity index (χ0n) is 18.8. The van der Waals surface area contributed by atoms with E-state index in [1.807, 2.05) is 12.1 Å². The average Bonchev–Trinajstić information content (AvgIpc) is 3.12. The molecular weight excluding hydrogens is 400 g/mol. The fourth-order valence-electron chi connectivity index (χ4n) is 6.04. The van der Waals surface area contributed by atoms with E-state index in [2.05, 4.69) is 105 Å². The van der Waals surface area contributed by atoms with Crippen LogP contribution in [-0.4, -0.2) is 4.98 Å². The maximum atomic E-state index is 9.64. The second-order valence-corrected chi connectivity index (χ2v) is 9.72. The van der Waals surface area contributed by atoms with E-state index in [1.165, 1.54) is 27.6 Å². The van der Waals surface area contributed by atoms with Gasteiger partial charge < -0.3 is 0 Å². The Morgan fingerprint density at radius 3 is 2.00 bits per heavy atom. The SMILES string of the molecule is CC1(C)CC(c2ccccc2)(c2ccccc2)c2c1cnc1c2ccc2c(C#N)cccc21. The lowest BCUT2D eigenvalue weighted by molar-refractivity contribution is 0.444. The summed E-state index contributed by atoms with van der Waals surface area (Å²) in [5.74, 6) is 0. The molecule has 0 bridgehead atoms. The van der Waals surface area contributed by atoms with Gasteiger partial charge in [-0.15, -0.1) is 0 Å². The van der Waals surface area contributed by atoms with Crippen molar-refractivity contribution < 1.29 is 0 Å². The van der Waals surface area contributed by atoms with Gasteiger partial charge in [0.05, 0.1) is 17.1 Å². The van der Waals surface area contributed by atoms with Gasteiger partial charge in [0.15, 0.2) is 0 Å². The van der Waals surface area contributed by atoms with Gasteiger partial charge in [0.1, 0.15) is 0 Å². The first-order chi connectivity index (χ1) is 16.1. The van der Waals surface area contributed by atoms with Crippen LogP contribution in [0.2, 0.25) is 0 Å². The molecule has 2 nitrogen and oxygen atoms in total. The fraction of sp³-hybridized carbons (Fsp3) is 0.161. The summed E-state index contributed by atoms with van der Waals surface area (Å²) in [6.07, 6.45) is 3.06. The van der Waals surface area contributed by atoms with Crippen LogP contribution in [0.3, 0.4) is 0 Å². The molecule has 0 aliphatic heterocycles. The fourth-order valence-corrected chi connectivity index (χ4v) is 6.04. The third-order valence-electron chi connectivity index (χ3n) is 7.41. The van der Waals surface area contributed by atoms with E-state index >= 15 is 0 Å². The van der Waals surface area contributed by atoms with E-state index in [4.69, 9.17) is 4.98 Å². The van der Waals surface area contributed by atoms with Gasteiger partial charge in [-0.2, -0.15) is 5.26 Å². The van der Waals surface area contributed by atoms with E-state index in [0.29, 0.717) is 5.56 Å². The van der Waals surface area contributed by atoms with Crippen molar-refractivity contribution in [2.75, 3.05) is 0 Å². The number of benzene rings is 4. The summed E-state index contributed by atoms with van der Waals surface area (Å²) in [6.45, 7) is 4.67. The second kappa shape index (κ2) is 7.02. The normalized spacial score (nSPS) is 15.9. The first-order valence-electron chi connectivity index (χ1n) is 11.4. The Hall–Kier alpha value is -3.96. The molecule has 0 unspecified atom stereocenters. The monoisotopic (exact) mass is 424 g/mol. The van der Waals surface area contributed by atoms with Crippen LogP contribution in [0.25, 0.3) is 21.7 Å². The second-order valence-electron chi connectivity index (χ2n) is 9.72. The molecule has 158 valence electrons. The summed E-state index contributed by atoms with van der Waals surface area (Å²) in [5, 5.41) is 12.8. The van der Waals surface area contributed by atoms with Crippen molar-refractivity contribution in [3.63, 3.8) is 0 Å². The summed E-state index contributed by atoms with van der Waals surface area (Å²) in [4.78, 5) is 5.00. The third-order valence-corrected chi connectivity index (χ3v) is 7.41. The molecule has 33 heavy (non-hydrogen) atoms. The van der Waals surface area contributed by atoms with Gasteiger partial charge in [0, 0.05) is 27.8 Å². The Labute approximate surface area is 194 Å². The highest BCUT2D eigenvalue weighted by Gasteiger charge is 2.51. The lowest BCUT2D eigenvalue weighted by Crippen LogP contribution is -2.29. The van der Waals surface area contributed by atoms with Crippen molar-refractivity contribution in [2.24, 2.45) is 0 Å². The van der Waals surface area contributed by atoms with Crippen LogP contribution < -0.4 is 0 Å². The smallest absolute Gasteiger partial charge is 0.0998 e. The van der Waals surface area contributed by atoms with E-state index in [1.54, 1.807) is 0 Å². The number of hydrogen-bond acceptors (Lipinski definition) is 2. The maximum absolute atomic E-state index is 9.64. The zero-order valence-corrected chi connectivity index (χ0v) is 18.8. The number of nitriles is 1. The molecule has 0 amide bonds. The molecule has 0 spiro atoms. The largest absolute Gasteiger partial charge is 0.255 e. The minimum atomic E-state index is -0.275. The van der Waals surface area contributed by atoms with Crippen molar-refractivity contribution in [1.29, 1.82) is 5.26 Å². The predicted octanol–water partition coefficient (Wildman–Crippen LogP) is 7.28. The molecular formula is C31H24N2. The minimum absolute atomic E-state index is 0.0360. The minimum Gasteiger partial charge on any atom is -0.255 e. The quantitative estimate of drug-likeness (QED) is 0.279. The highest BCUT2D eigenvalue weighted by Crippen LogP contribution is 2.58. The van der Waals surface area contributed by atoms with Gasteiger partial charge in [0.25, 0.3) is 0 Å². The van der Waals surface area contributed by atoms with Crippen molar-refractivity contribution in [3.05, 3.63) is 125 Å². The van der Waals surface area contributed by atoms with Crippen LogP contribution in [-0.2, 0) is 10.8 Å². The van der Waals surface area contributed by atoms with Crippen molar-refractivity contribution in [3.8, 4) is 6.07 Å². The standard InChI is InChI=1S/C31H24N2/c1-30(2)20-31(22-11-5-3-6-12-22,23-13-7-4-8-14-23)28-26-17-16-24-21(18-32)10-9-15-25(24)29(26)33-19-27(28)30/h3-17,19H,20H2,1-2H3. The molecule has 0 radical (unpaired) electrons. The first-order valence-corrected chi connectivity index (χ1v) is 11.4. The van der Waals surface area contributed by atoms with Gasteiger partial charge >= 0.3 is 0 Å². The number of nitrogens with zero attached hydrogens (tertiary/aromatic N) is 2. The number of fused-ring (bicyclic) bond motifs is 5. The van der Waals surface area contributed by atoms with Crippen LogP contribution in [0.4, 0.5) is 0 Å². The topological polar surface area (TPSA) is 36.7 Å². The Morgan fingerprint density at radius 2 is 1.36 bits per heavy atom. The summed E-state index contributed by atoms with van der Waals surface area (Å²) < 4.78 is 0. The summed E-state index contributed by atoms with van der Waals surface area (Å²) in [6, 6.07) is 34.3. The van der Waals surface area contributed by atoms with Crippen molar-refractivity contribution in [1.82, 2.24) is 4.98 Å². The Bertz CT molecular complexity index is 1520. The van der Waals surface area contributed by atoms with Gasteiger partial charge in [-0.1, -0.05) is 98.8 Å². The molecule has 0 fully saturated rings. The molecule has 1 aliphatic carbocycles. The van der Waals surface area contributed by atoms with Gasteiger partial charge in [-0.3, -0.25) is 4.98 Å². The summed E-state index contributed by atoms with van der Waals surface area (Å²) in [7, 11) is 0. The van der Waals surface area contributed by atoms with Crippen LogP contribution in [0, 0.1) is 11.3 Å². The molecule has 0 saturated carbocycles. The highest BCUT2D eigenvalue weighted by molar-refractivity contribution is 6.09. The summed E-state index contributed by atoms with van der Waals surface area (Å²) >= 11 is 0. The molecule has 0 atom stereocenters. The number of aromatic nitrogens is 1. The van der Waals surface area contributed by atoms with Crippen LogP contribution >= 0.6 is 0 Å². The van der Waals surface area contributed by atoms with Crippen molar-refractivity contribution >= 4 is 21.7 Å². The third kappa shape index (κ3) is 2.69. The molecule has 2 heteroatoms. The molecule has 1 heterocycles. The Morgan fingerprint density at radius 1 is 0.727 bits per heavy atom. The van der Waals surface area contributed by atoms with Crippen LogP contribution in [0.15, 0.2) is 97.2 Å². The number of hydrogen-bond donors (Lipinski definition) is 0. The van der Waals surface area contributed by atoms with Gasteiger partial charge in [-0.05, 0) is 40.2 Å². The molecule has 1 aliphatic rings. The van der Waals surface area contributed by atoms with E-state index < -0.39 is 0 Å². The lowest BCUT2D eigenvalue weighted by Gasteiger charge is -2.34. The Kier molecular flexibility index (Phi) is 4.19. The Balaban J connectivity index is 1.81. The van der Waals surface area contributed by atoms with E-state index in [9.17, 15) is 5.26 Å². The van der Waals surface area contributed by atoms with Crippen molar-refractivity contribution in [2.45, 2.75) is 31.1 Å². The van der Waals surface area contributed by atoms with Crippen LogP contribution in [0.5, 0.6) is 0 Å². The number of pyridine rings is 1. The molecule has 6 rings (SSSR count). The highest BCUT2D eigenvalue weighted by atomic mass is 14.7. The first kappa shape index (κ1) is 19.7. The van der Waals surface area contributed by atoms with E-state index in [-0.39, 0.29) is 10.8 Å².